The van der Waals surface area contributed by atoms with Gasteiger partial charge in [-0.05, 0) is 140 Å². The van der Waals surface area contributed by atoms with Gasteiger partial charge < -0.3 is 50.6 Å². The molecule has 5 aliphatic heterocycles. The van der Waals surface area contributed by atoms with Crippen LogP contribution in [0.2, 0.25) is 0 Å². The van der Waals surface area contributed by atoms with Gasteiger partial charge in [0, 0.05) is 98.1 Å². The zero-order chi connectivity index (χ0) is 42.8. The average molecular weight is 848 g/mol. The summed E-state index contributed by atoms with van der Waals surface area (Å²) >= 11 is 0. The number of aromatic nitrogens is 4. The van der Waals surface area contributed by atoms with E-state index < -0.39 is 0 Å². The van der Waals surface area contributed by atoms with Crippen LogP contribution in [0.3, 0.4) is 0 Å². The normalized spacial score (nSPS) is 19.1. The smallest absolute Gasteiger partial charge is 0.229 e. The van der Waals surface area contributed by atoms with E-state index in [1.807, 2.05) is 39.1 Å². The fourth-order valence-electron chi connectivity index (χ4n) is 9.45. The Labute approximate surface area is 368 Å². The molecular formula is C48H69N11O3. The molecule has 4 aromatic rings. The van der Waals surface area contributed by atoms with E-state index in [0.717, 1.165) is 130 Å². The number of ether oxygens (including phenoxy) is 3. The summed E-state index contributed by atoms with van der Waals surface area (Å²) in [4.78, 5) is 23.6. The highest BCUT2D eigenvalue weighted by Crippen LogP contribution is 2.42. The molecule has 5 N–H and O–H groups in total. The first kappa shape index (κ1) is 43.7. The summed E-state index contributed by atoms with van der Waals surface area (Å²) in [7, 11) is 1.87. The maximum absolute atomic E-state index is 6.21. The number of fused-ring (bicyclic) bond motifs is 2. The Kier molecular flexibility index (Phi) is 14.8. The summed E-state index contributed by atoms with van der Waals surface area (Å²) in [5.41, 5.74) is 7.68. The lowest BCUT2D eigenvalue weighted by atomic mass is 9.89. The summed E-state index contributed by atoms with van der Waals surface area (Å²) in [6.07, 6.45) is 11.4. The van der Waals surface area contributed by atoms with E-state index in [1.165, 1.54) is 55.5 Å². The van der Waals surface area contributed by atoms with Crippen LogP contribution in [0.25, 0.3) is 0 Å². The van der Waals surface area contributed by atoms with E-state index >= 15 is 0 Å². The molecule has 0 radical (unpaired) electrons. The Bertz CT molecular complexity index is 2090. The highest BCUT2D eigenvalue weighted by atomic mass is 16.5. The van der Waals surface area contributed by atoms with Crippen LogP contribution in [-0.2, 0) is 12.8 Å². The van der Waals surface area contributed by atoms with Gasteiger partial charge in [-0.1, -0.05) is 0 Å². The Balaban J connectivity index is 0.000000180. The van der Waals surface area contributed by atoms with E-state index in [-0.39, 0.29) is 0 Å². The van der Waals surface area contributed by atoms with Gasteiger partial charge in [0.2, 0.25) is 11.9 Å². The van der Waals surface area contributed by atoms with Crippen molar-refractivity contribution in [1.29, 1.82) is 0 Å². The standard InChI is InChI=1S/C28H42N6O2.C20H27N5O/c1-20(2)34-13-7-23(8-14-34)30-26-17-21(3)29-28(32-26)31-24-18-22-9-16-36-27(22)25(19-24)35-15-6-12-33-10-4-5-11-33;1-13-10-18(21-2)25-20(23-13)24-16-11-15-6-9-26-19(15)17(12-16)14-4-3-7-22-8-5-14/h17-20,23H,4-16H2,1-3H3,(H2,29,30,31,32);10-12,14,22H,3-9H2,1-2H3,(H2,21,23,24,25). The minimum Gasteiger partial charge on any atom is -0.493 e. The molecule has 3 fully saturated rings. The molecule has 0 aliphatic carbocycles. The molecule has 0 saturated carbocycles. The third kappa shape index (κ3) is 11.6. The average Bonchev–Trinajstić information content (AvgIpc) is 4.02. The molecular weight excluding hydrogens is 779 g/mol. The number of piperidine rings is 1. The lowest BCUT2D eigenvalue weighted by Crippen LogP contribution is -2.42. The molecule has 9 rings (SSSR count). The van der Waals surface area contributed by atoms with Gasteiger partial charge in [0.15, 0.2) is 11.5 Å². The fourth-order valence-corrected chi connectivity index (χ4v) is 9.45. The van der Waals surface area contributed by atoms with E-state index in [9.17, 15) is 0 Å². The molecule has 1 unspecified atom stereocenters. The van der Waals surface area contributed by atoms with Crippen LogP contribution in [0.4, 0.5) is 34.9 Å². The van der Waals surface area contributed by atoms with E-state index in [1.54, 1.807) is 0 Å². The van der Waals surface area contributed by atoms with Gasteiger partial charge in [-0.2, -0.15) is 9.97 Å². The number of hydrogen-bond donors (Lipinski definition) is 5. The largest absolute Gasteiger partial charge is 0.493 e. The quantitative estimate of drug-likeness (QED) is 0.0782. The van der Waals surface area contributed by atoms with Crippen molar-refractivity contribution in [3.8, 4) is 17.2 Å². The number of anilines is 6. The summed E-state index contributed by atoms with van der Waals surface area (Å²) in [6, 6.07) is 13.6. The van der Waals surface area contributed by atoms with Crippen molar-refractivity contribution in [2.45, 2.75) is 110 Å². The van der Waals surface area contributed by atoms with Crippen LogP contribution < -0.4 is 40.8 Å². The SMILES string of the molecule is CNc1cc(C)nc(Nc2cc3c(c(C4CCCNCC4)c2)OCC3)n1.Cc1cc(NC2CCN(C(C)C)CC2)nc(Nc2cc3c(c(OCCCN4CCCC4)c2)OCC3)n1. The molecule has 2 aromatic heterocycles. The number of nitrogens with one attached hydrogen (secondary N) is 5. The third-order valence-corrected chi connectivity index (χ3v) is 12.7. The van der Waals surface area contributed by atoms with Crippen molar-refractivity contribution in [3.63, 3.8) is 0 Å². The second kappa shape index (κ2) is 21.0. The number of likely N-dealkylation sites (tertiary alicyclic amines) is 2. The Morgan fingerprint density at radius 2 is 1.40 bits per heavy atom. The zero-order valence-electron chi connectivity index (χ0n) is 37.7. The summed E-state index contributed by atoms with van der Waals surface area (Å²) in [5, 5.41) is 17.1. The van der Waals surface area contributed by atoms with Gasteiger partial charge in [-0.25, -0.2) is 9.97 Å². The number of aryl methyl sites for hydroxylation is 2. The molecule has 0 spiro atoms. The monoisotopic (exact) mass is 848 g/mol. The molecule has 3 saturated heterocycles. The summed E-state index contributed by atoms with van der Waals surface area (Å²) in [5.74, 6) is 6.31. The van der Waals surface area contributed by atoms with Crippen molar-refractivity contribution in [2.75, 3.05) is 93.9 Å². The maximum atomic E-state index is 6.21. The fraction of sp³-hybridized carbons (Fsp3) is 0.583. The zero-order valence-corrected chi connectivity index (χ0v) is 37.7. The molecule has 334 valence electrons. The van der Waals surface area contributed by atoms with Crippen molar-refractivity contribution in [2.24, 2.45) is 0 Å². The van der Waals surface area contributed by atoms with Gasteiger partial charge in [-0.15, -0.1) is 0 Å². The molecule has 7 heterocycles. The van der Waals surface area contributed by atoms with Crippen molar-refractivity contribution in [3.05, 3.63) is 64.5 Å². The van der Waals surface area contributed by atoms with Crippen LogP contribution in [-0.4, -0.2) is 115 Å². The molecule has 14 heteroatoms. The van der Waals surface area contributed by atoms with E-state index in [0.29, 0.717) is 43.1 Å². The maximum Gasteiger partial charge on any atom is 0.229 e. The van der Waals surface area contributed by atoms with Crippen LogP contribution in [0.1, 0.15) is 99.2 Å². The van der Waals surface area contributed by atoms with Gasteiger partial charge in [0.25, 0.3) is 0 Å². The van der Waals surface area contributed by atoms with E-state index in [4.69, 9.17) is 19.2 Å². The summed E-state index contributed by atoms with van der Waals surface area (Å²) in [6.45, 7) is 18.7. The minimum absolute atomic E-state index is 0.444. The van der Waals surface area contributed by atoms with Gasteiger partial charge >= 0.3 is 0 Å². The van der Waals surface area contributed by atoms with E-state index in [2.05, 4.69) is 83.4 Å². The number of hydrogen-bond acceptors (Lipinski definition) is 14. The molecule has 0 amide bonds. The summed E-state index contributed by atoms with van der Waals surface area (Å²) < 4.78 is 18.1. The Morgan fingerprint density at radius 3 is 2.11 bits per heavy atom. The second-order valence-corrected chi connectivity index (χ2v) is 17.8. The lowest BCUT2D eigenvalue weighted by Gasteiger charge is -2.35. The first-order valence-corrected chi connectivity index (χ1v) is 23.3. The third-order valence-electron chi connectivity index (χ3n) is 12.7. The van der Waals surface area contributed by atoms with Gasteiger partial charge in [0.05, 0.1) is 19.8 Å². The highest BCUT2D eigenvalue weighted by Gasteiger charge is 2.26. The van der Waals surface area contributed by atoms with Crippen LogP contribution in [0.15, 0.2) is 36.4 Å². The highest BCUT2D eigenvalue weighted by molar-refractivity contribution is 5.65. The van der Waals surface area contributed by atoms with Gasteiger partial charge in [0.1, 0.15) is 17.4 Å². The first-order chi connectivity index (χ1) is 30.3. The first-order valence-electron chi connectivity index (χ1n) is 23.3. The molecule has 1 atom stereocenters. The Morgan fingerprint density at radius 1 is 0.742 bits per heavy atom. The Hall–Kier alpha value is -4.92. The number of nitrogens with zero attached hydrogens (tertiary/aromatic N) is 6. The van der Waals surface area contributed by atoms with Crippen LogP contribution >= 0.6 is 0 Å². The topological polar surface area (TPSA) is 146 Å². The minimum atomic E-state index is 0.444. The number of benzene rings is 2. The van der Waals surface area contributed by atoms with Crippen LogP contribution in [0, 0.1) is 13.8 Å². The molecule has 2 aromatic carbocycles. The number of rotatable bonds is 14. The van der Waals surface area contributed by atoms with Crippen LogP contribution in [0.5, 0.6) is 17.2 Å². The van der Waals surface area contributed by atoms with Crippen molar-refractivity contribution >= 4 is 34.9 Å². The molecule has 5 aliphatic rings. The lowest BCUT2D eigenvalue weighted by molar-refractivity contribution is 0.177. The van der Waals surface area contributed by atoms with Crippen molar-refractivity contribution in [1.82, 2.24) is 35.1 Å². The predicted molar refractivity (Wildman–Crippen MR) is 250 cm³/mol. The second-order valence-electron chi connectivity index (χ2n) is 17.8. The molecule has 14 nitrogen and oxygen atoms in total. The van der Waals surface area contributed by atoms with Gasteiger partial charge in [-0.3, -0.25) is 0 Å². The van der Waals surface area contributed by atoms with Crippen molar-refractivity contribution < 1.29 is 14.2 Å². The molecule has 62 heavy (non-hydrogen) atoms. The molecule has 0 bridgehead atoms. The predicted octanol–water partition coefficient (Wildman–Crippen LogP) is 7.98.